The smallest absolute Gasteiger partial charge is 0.326 e. The van der Waals surface area contributed by atoms with Gasteiger partial charge in [0.1, 0.15) is 6.04 Å². The van der Waals surface area contributed by atoms with Crippen LogP contribution in [0.3, 0.4) is 0 Å². The summed E-state index contributed by atoms with van der Waals surface area (Å²) < 4.78 is 10.9. The Hall–Kier alpha value is -1.04. The minimum absolute atomic E-state index is 0.0268. The van der Waals surface area contributed by atoms with Crippen molar-refractivity contribution in [1.29, 1.82) is 0 Å². The van der Waals surface area contributed by atoms with E-state index in [0.29, 0.717) is 12.8 Å². The first-order valence-electron chi connectivity index (χ1n) is 14.4. The van der Waals surface area contributed by atoms with Crippen LogP contribution < -0.4 is 5.32 Å². The van der Waals surface area contributed by atoms with E-state index in [1.54, 1.807) is 0 Å². The molecule has 0 fully saturated rings. The molecule has 40 heavy (non-hydrogen) atoms. The van der Waals surface area contributed by atoms with E-state index in [2.05, 4.69) is 30.4 Å². The van der Waals surface area contributed by atoms with Gasteiger partial charge in [-0.25, -0.2) is 4.79 Å². The van der Waals surface area contributed by atoms with Crippen molar-refractivity contribution in [2.24, 2.45) is 0 Å². The Bertz CT molecular complexity index is 743. The van der Waals surface area contributed by atoms with Crippen molar-refractivity contribution in [2.45, 2.75) is 103 Å². The van der Waals surface area contributed by atoms with Gasteiger partial charge in [-0.15, -0.1) is 8.93 Å². The molecule has 10 nitrogen and oxygen atoms in total. The van der Waals surface area contributed by atoms with Crippen LogP contribution in [0.2, 0.25) is 0 Å². The van der Waals surface area contributed by atoms with Gasteiger partial charge in [-0.3, -0.25) is 19.2 Å². The molecule has 0 aromatic rings. The highest BCUT2D eigenvalue weighted by atomic mass is 32.0. The molecule has 2 amide bonds. The van der Waals surface area contributed by atoms with E-state index in [0.717, 1.165) is 19.3 Å². The van der Waals surface area contributed by atoms with Gasteiger partial charge in [-0.1, -0.05) is 67.5 Å². The Morgan fingerprint density at radius 1 is 0.800 bits per heavy atom. The minimum atomic E-state index is -1.17. The summed E-state index contributed by atoms with van der Waals surface area (Å²) in [6.45, 7) is 3.65. The lowest BCUT2D eigenvalue weighted by atomic mass is 10.1. The highest BCUT2D eigenvalue weighted by Crippen LogP contribution is 2.22. The number of unbranched alkanes of at least 4 members (excludes halogenated alkanes) is 8. The van der Waals surface area contributed by atoms with Crippen LogP contribution in [-0.4, -0.2) is 84.4 Å². The molecule has 0 heterocycles. The third kappa shape index (κ3) is 23.6. The first-order valence-corrected chi connectivity index (χ1v) is 17.8. The third-order valence-corrected chi connectivity index (χ3v) is 8.11. The summed E-state index contributed by atoms with van der Waals surface area (Å²) in [5, 5.41) is 12.1. The Morgan fingerprint density at radius 3 is 1.88 bits per heavy atom. The quantitative estimate of drug-likeness (QED) is 0.0971. The number of carboxylic acids is 1. The molecule has 13 heteroatoms. The SMILES string of the molecule is CCCCCCCCCCCC(=O)NC(CCC(=O)N(CCOCCC(=O)P)CCOCCC(=O)PP)C(=O)O. The molecule has 4 unspecified atom stereocenters. The Kier molecular flexibility index (Phi) is 26.1. The fraction of sp³-hybridized carbons (Fsp3) is 0.815. The molecular formula is C27H51N2O8P3. The van der Waals surface area contributed by atoms with Gasteiger partial charge >= 0.3 is 5.97 Å². The Morgan fingerprint density at radius 2 is 1.35 bits per heavy atom. The lowest BCUT2D eigenvalue weighted by Gasteiger charge is -2.23. The summed E-state index contributed by atoms with van der Waals surface area (Å²) in [4.78, 5) is 60.9. The van der Waals surface area contributed by atoms with E-state index in [-0.39, 0.29) is 96.3 Å². The van der Waals surface area contributed by atoms with E-state index < -0.39 is 12.0 Å². The van der Waals surface area contributed by atoms with Gasteiger partial charge in [0.25, 0.3) is 0 Å². The molecule has 0 bridgehead atoms. The van der Waals surface area contributed by atoms with E-state index in [9.17, 15) is 29.1 Å². The number of nitrogens with zero attached hydrogens (tertiary/aromatic N) is 1. The second-order valence-electron chi connectivity index (χ2n) is 9.71. The number of hydrogen-bond acceptors (Lipinski definition) is 7. The van der Waals surface area contributed by atoms with E-state index in [1.807, 2.05) is 0 Å². The normalized spacial score (nSPS) is 12.0. The second-order valence-corrected chi connectivity index (χ2v) is 12.1. The molecule has 0 radical (unpaired) electrons. The highest BCUT2D eigenvalue weighted by molar-refractivity contribution is 8.11. The number of ether oxygens (including phenoxy) is 2. The van der Waals surface area contributed by atoms with Crippen LogP contribution in [-0.2, 0) is 33.4 Å². The van der Waals surface area contributed by atoms with Crippen LogP contribution in [0.15, 0.2) is 0 Å². The molecule has 4 atom stereocenters. The zero-order valence-electron chi connectivity index (χ0n) is 24.1. The van der Waals surface area contributed by atoms with Crippen molar-refractivity contribution >= 4 is 55.3 Å². The maximum absolute atomic E-state index is 12.9. The predicted octanol–water partition coefficient (Wildman–Crippen LogP) is 4.30. The topological polar surface area (TPSA) is 139 Å². The van der Waals surface area contributed by atoms with Crippen LogP contribution >= 0.6 is 26.4 Å². The lowest BCUT2D eigenvalue weighted by molar-refractivity contribution is -0.142. The van der Waals surface area contributed by atoms with Gasteiger partial charge in [0.05, 0.1) is 26.4 Å². The zero-order chi connectivity index (χ0) is 30.0. The fourth-order valence-electron chi connectivity index (χ4n) is 3.87. The second kappa shape index (κ2) is 26.8. The molecule has 0 spiro atoms. The van der Waals surface area contributed by atoms with Crippen LogP contribution in [0.1, 0.15) is 96.8 Å². The summed E-state index contributed by atoms with van der Waals surface area (Å²) in [7, 11) is 4.62. The van der Waals surface area contributed by atoms with Gasteiger partial charge in [0.15, 0.2) is 11.0 Å². The zero-order valence-corrected chi connectivity index (χ0v) is 27.4. The maximum atomic E-state index is 12.9. The van der Waals surface area contributed by atoms with E-state index >= 15 is 0 Å². The molecular weight excluding hydrogens is 573 g/mol. The minimum Gasteiger partial charge on any atom is -0.480 e. The van der Waals surface area contributed by atoms with Crippen LogP contribution in [0, 0.1) is 0 Å². The molecule has 0 aliphatic carbocycles. The number of hydrogen-bond donors (Lipinski definition) is 2. The number of carbonyl (C=O) groups excluding carboxylic acids is 4. The molecule has 232 valence electrons. The average molecular weight is 625 g/mol. The molecule has 0 saturated heterocycles. The number of carbonyl (C=O) groups is 5. The molecule has 0 aliphatic heterocycles. The highest BCUT2D eigenvalue weighted by Gasteiger charge is 2.23. The van der Waals surface area contributed by atoms with Gasteiger partial charge < -0.3 is 24.8 Å². The molecule has 0 aromatic heterocycles. The monoisotopic (exact) mass is 624 g/mol. The standard InChI is InChI=1S/C27H51N2O8P3/c1-2-3-4-5-6-7-8-9-10-11-23(30)28-22(27(34)35)12-13-24(31)29(16-20-36-18-14-25(32)38)17-21-37-19-15-26(33)40-39/h22,40H,2-21,38-39H2,1H3,(H,28,30)(H,34,35). The molecule has 0 rings (SSSR count). The molecule has 0 aromatic carbocycles. The Labute approximate surface area is 246 Å². The first-order chi connectivity index (χ1) is 19.2. The van der Waals surface area contributed by atoms with Crippen LogP contribution in [0.5, 0.6) is 0 Å². The van der Waals surface area contributed by atoms with Crippen LogP contribution in [0.25, 0.3) is 0 Å². The van der Waals surface area contributed by atoms with Crippen molar-refractivity contribution in [3.05, 3.63) is 0 Å². The summed E-state index contributed by atoms with van der Waals surface area (Å²) in [5.74, 6) is -1.77. The van der Waals surface area contributed by atoms with Gasteiger partial charge in [-0.2, -0.15) is 0 Å². The fourth-order valence-corrected chi connectivity index (χ4v) is 4.67. The number of rotatable bonds is 28. The van der Waals surface area contributed by atoms with Crippen molar-refractivity contribution in [2.75, 3.05) is 39.5 Å². The summed E-state index contributed by atoms with van der Waals surface area (Å²) in [6.07, 6.45) is 10.9. The number of nitrogens with one attached hydrogen (secondary N) is 1. The number of amides is 2. The van der Waals surface area contributed by atoms with Crippen LogP contribution in [0.4, 0.5) is 0 Å². The third-order valence-electron chi connectivity index (χ3n) is 6.28. The van der Waals surface area contributed by atoms with Gasteiger partial charge in [0.2, 0.25) is 11.8 Å². The molecule has 0 saturated carbocycles. The van der Waals surface area contributed by atoms with Crippen molar-refractivity contribution in [3.63, 3.8) is 0 Å². The van der Waals surface area contributed by atoms with Gasteiger partial charge in [-0.05, 0) is 21.1 Å². The number of aliphatic carboxylic acids is 1. The van der Waals surface area contributed by atoms with Crippen molar-refractivity contribution in [1.82, 2.24) is 10.2 Å². The number of carboxylic acid groups (broad SMARTS) is 1. The molecule has 0 aliphatic rings. The van der Waals surface area contributed by atoms with E-state index in [1.165, 1.54) is 37.0 Å². The van der Waals surface area contributed by atoms with Gasteiger partial charge in [0, 0.05) is 38.8 Å². The summed E-state index contributed by atoms with van der Waals surface area (Å²) >= 11 is 0. The first kappa shape index (κ1) is 39.0. The largest absolute Gasteiger partial charge is 0.480 e. The summed E-state index contributed by atoms with van der Waals surface area (Å²) in [5.41, 5.74) is 0.0241. The van der Waals surface area contributed by atoms with E-state index in [4.69, 9.17) is 9.47 Å². The Balaban J connectivity index is 4.55. The summed E-state index contributed by atoms with van der Waals surface area (Å²) in [6, 6.07) is -1.14. The van der Waals surface area contributed by atoms with Crippen molar-refractivity contribution in [3.8, 4) is 0 Å². The average Bonchev–Trinajstić information content (AvgIpc) is 2.92. The lowest BCUT2D eigenvalue weighted by Crippen LogP contribution is -2.42. The molecule has 2 N–H and O–H groups in total. The maximum Gasteiger partial charge on any atom is 0.326 e. The predicted molar refractivity (Wildman–Crippen MR) is 166 cm³/mol. The van der Waals surface area contributed by atoms with Crippen molar-refractivity contribution < 1.29 is 38.6 Å².